The molecule has 0 unspecified atom stereocenters. The molecule has 0 saturated carbocycles. The maximum atomic E-state index is 5.50. The first-order valence-corrected chi connectivity index (χ1v) is 11.3. The second kappa shape index (κ2) is 9.53. The molecule has 5 heteroatoms. The minimum Gasteiger partial charge on any atom is -0.379 e. The second-order valence-electron chi connectivity index (χ2n) is 7.51. The fourth-order valence-electron chi connectivity index (χ4n) is 3.57. The Morgan fingerprint density at radius 2 is 1.69 bits per heavy atom. The third kappa shape index (κ3) is 5.04. The zero-order valence-electron chi connectivity index (χ0n) is 17.3. The van der Waals surface area contributed by atoms with E-state index in [0.29, 0.717) is 0 Å². The van der Waals surface area contributed by atoms with Gasteiger partial charge in [0.25, 0.3) is 0 Å². The van der Waals surface area contributed by atoms with Crippen molar-refractivity contribution in [2.45, 2.75) is 26.8 Å². The highest BCUT2D eigenvalue weighted by atomic mass is 32.1. The summed E-state index contributed by atoms with van der Waals surface area (Å²) in [7, 11) is 0. The minimum atomic E-state index is 0.833. The van der Waals surface area contributed by atoms with Crippen molar-refractivity contribution in [3.05, 3.63) is 69.8 Å². The van der Waals surface area contributed by atoms with E-state index in [0.717, 1.165) is 56.3 Å². The number of aryl methyl sites for hydroxylation is 2. The minimum absolute atomic E-state index is 0.833. The number of hydrogen-bond donors (Lipinski definition) is 0. The van der Waals surface area contributed by atoms with Gasteiger partial charge in [-0.3, -0.25) is 4.90 Å². The van der Waals surface area contributed by atoms with E-state index in [9.17, 15) is 0 Å². The lowest BCUT2D eigenvalue weighted by Gasteiger charge is -2.26. The summed E-state index contributed by atoms with van der Waals surface area (Å²) < 4.78 is 7.87. The van der Waals surface area contributed by atoms with Crippen LogP contribution >= 0.6 is 11.3 Å². The molecule has 29 heavy (non-hydrogen) atoms. The Labute approximate surface area is 177 Å². The molecule has 0 N–H and O–H groups in total. The van der Waals surface area contributed by atoms with E-state index in [2.05, 4.69) is 77.2 Å². The molecule has 0 radical (unpaired) electrons. The lowest BCUT2D eigenvalue weighted by atomic mass is 10.1. The predicted octanol–water partition coefficient (Wildman–Crippen LogP) is 4.65. The number of ether oxygens (including phenoxy) is 1. The molecule has 1 saturated heterocycles. The SMILES string of the molecule is CCc1ccc(N=c2scc(-c3ccc(C)cc3)n2CCN2CCOCC2)cc1. The Kier molecular flexibility index (Phi) is 6.60. The van der Waals surface area contributed by atoms with Crippen molar-refractivity contribution in [1.29, 1.82) is 0 Å². The van der Waals surface area contributed by atoms with Crippen LogP contribution in [0.4, 0.5) is 5.69 Å². The molecule has 0 aliphatic carbocycles. The van der Waals surface area contributed by atoms with Gasteiger partial charge in [0, 0.05) is 31.6 Å². The lowest BCUT2D eigenvalue weighted by molar-refractivity contribution is 0.0363. The molecule has 0 bridgehead atoms. The Morgan fingerprint density at radius 1 is 0.966 bits per heavy atom. The molecule has 2 aromatic carbocycles. The molecule has 1 aliphatic heterocycles. The van der Waals surface area contributed by atoms with Crippen LogP contribution in [0.5, 0.6) is 0 Å². The highest BCUT2D eigenvalue weighted by molar-refractivity contribution is 7.07. The van der Waals surface area contributed by atoms with Crippen molar-refractivity contribution in [1.82, 2.24) is 9.47 Å². The first-order chi connectivity index (χ1) is 14.2. The largest absolute Gasteiger partial charge is 0.379 e. The normalized spacial score (nSPS) is 15.7. The summed E-state index contributed by atoms with van der Waals surface area (Å²) in [6.45, 7) is 9.94. The van der Waals surface area contributed by atoms with Gasteiger partial charge < -0.3 is 9.30 Å². The van der Waals surface area contributed by atoms with Crippen LogP contribution in [0.3, 0.4) is 0 Å². The second-order valence-corrected chi connectivity index (χ2v) is 8.34. The molecular formula is C24H29N3OS. The molecule has 0 atom stereocenters. The average molecular weight is 408 g/mol. The Morgan fingerprint density at radius 3 is 2.38 bits per heavy atom. The molecule has 152 valence electrons. The summed E-state index contributed by atoms with van der Waals surface area (Å²) in [4.78, 5) is 8.52. The Balaban J connectivity index is 1.67. The number of hydrogen-bond acceptors (Lipinski definition) is 4. The van der Waals surface area contributed by atoms with Gasteiger partial charge in [-0.2, -0.15) is 0 Å². The topological polar surface area (TPSA) is 29.8 Å². The van der Waals surface area contributed by atoms with E-state index in [-0.39, 0.29) is 0 Å². The van der Waals surface area contributed by atoms with Gasteiger partial charge in [-0.05, 0) is 36.6 Å². The summed E-state index contributed by atoms with van der Waals surface area (Å²) in [5.41, 5.74) is 6.13. The van der Waals surface area contributed by atoms with Crippen molar-refractivity contribution in [2.24, 2.45) is 4.99 Å². The smallest absolute Gasteiger partial charge is 0.190 e. The van der Waals surface area contributed by atoms with Gasteiger partial charge in [0.1, 0.15) is 0 Å². The predicted molar refractivity (Wildman–Crippen MR) is 121 cm³/mol. The number of benzene rings is 2. The van der Waals surface area contributed by atoms with Gasteiger partial charge in [0.2, 0.25) is 0 Å². The lowest BCUT2D eigenvalue weighted by Crippen LogP contribution is -2.39. The van der Waals surface area contributed by atoms with Crippen LogP contribution in [0.15, 0.2) is 58.9 Å². The van der Waals surface area contributed by atoms with E-state index < -0.39 is 0 Å². The zero-order valence-corrected chi connectivity index (χ0v) is 18.1. The summed E-state index contributed by atoms with van der Waals surface area (Å²) in [5.74, 6) is 0. The molecule has 1 aliphatic rings. The van der Waals surface area contributed by atoms with Crippen LogP contribution in [0.25, 0.3) is 11.3 Å². The standard InChI is InChI=1S/C24H29N3OS/c1-3-20-6-10-22(11-7-20)25-24-27(13-12-26-14-16-28-17-15-26)23(18-29-24)21-8-4-19(2)5-9-21/h4-11,18H,3,12-17H2,1-2H3. The fourth-order valence-corrected chi connectivity index (χ4v) is 4.53. The summed E-state index contributed by atoms with van der Waals surface area (Å²) >= 11 is 1.72. The van der Waals surface area contributed by atoms with E-state index in [1.807, 2.05) is 0 Å². The van der Waals surface area contributed by atoms with Gasteiger partial charge in [-0.25, -0.2) is 4.99 Å². The summed E-state index contributed by atoms with van der Waals surface area (Å²) in [6, 6.07) is 17.4. The summed E-state index contributed by atoms with van der Waals surface area (Å²) in [5, 5.41) is 2.24. The Bertz CT molecular complexity index is 980. The molecule has 4 nitrogen and oxygen atoms in total. The van der Waals surface area contributed by atoms with Crippen molar-refractivity contribution in [3.8, 4) is 11.3 Å². The van der Waals surface area contributed by atoms with E-state index >= 15 is 0 Å². The maximum absolute atomic E-state index is 5.50. The van der Waals surface area contributed by atoms with Gasteiger partial charge >= 0.3 is 0 Å². The monoisotopic (exact) mass is 407 g/mol. The van der Waals surface area contributed by atoms with Crippen LogP contribution in [-0.2, 0) is 17.7 Å². The third-order valence-electron chi connectivity index (χ3n) is 5.46. The van der Waals surface area contributed by atoms with Crippen LogP contribution in [0.1, 0.15) is 18.1 Å². The molecule has 3 aromatic rings. The van der Waals surface area contributed by atoms with Crippen molar-refractivity contribution in [2.75, 3.05) is 32.8 Å². The summed E-state index contributed by atoms with van der Waals surface area (Å²) in [6.07, 6.45) is 1.05. The first kappa shape index (κ1) is 20.1. The first-order valence-electron chi connectivity index (χ1n) is 10.4. The van der Waals surface area contributed by atoms with Crippen molar-refractivity contribution in [3.63, 3.8) is 0 Å². The Hall–Kier alpha value is -2.21. The molecular weight excluding hydrogens is 378 g/mol. The van der Waals surface area contributed by atoms with E-state index in [1.54, 1.807) is 11.3 Å². The maximum Gasteiger partial charge on any atom is 0.190 e. The zero-order chi connectivity index (χ0) is 20.1. The number of morpholine rings is 1. The number of aromatic nitrogens is 1. The van der Waals surface area contributed by atoms with Gasteiger partial charge in [-0.15, -0.1) is 11.3 Å². The fraction of sp³-hybridized carbons (Fsp3) is 0.375. The number of nitrogens with zero attached hydrogens (tertiary/aromatic N) is 3. The molecule has 2 heterocycles. The molecule has 1 fully saturated rings. The molecule has 1 aromatic heterocycles. The van der Waals surface area contributed by atoms with Crippen LogP contribution in [0.2, 0.25) is 0 Å². The highest BCUT2D eigenvalue weighted by Gasteiger charge is 2.13. The van der Waals surface area contributed by atoms with Crippen molar-refractivity contribution >= 4 is 17.0 Å². The van der Waals surface area contributed by atoms with Crippen LogP contribution < -0.4 is 4.80 Å². The molecule has 0 amide bonds. The van der Waals surface area contributed by atoms with Gasteiger partial charge in [-0.1, -0.05) is 48.9 Å². The van der Waals surface area contributed by atoms with Crippen LogP contribution in [-0.4, -0.2) is 42.3 Å². The van der Waals surface area contributed by atoms with Crippen molar-refractivity contribution < 1.29 is 4.74 Å². The van der Waals surface area contributed by atoms with Gasteiger partial charge in [0.15, 0.2) is 4.80 Å². The van der Waals surface area contributed by atoms with Crippen LogP contribution in [0, 0.1) is 6.92 Å². The van der Waals surface area contributed by atoms with Gasteiger partial charge in [0.05, 0.1) is 24.6 Å². The quantitative estimate of drug-likeness (QED) is 0.595. The highest BCUT2D eigenvalue weighted by Crippen LogP contribution is 2.22. The van der Waals surface area contributed by atoms with E-state index in [4.69, 9.17) is 9.73 Å². The van der Waals surface area contributed by atoms with E-state index in [1.165, 1.54) is 22.4 Å². The molecule has 0 spiro atoms. The number of thiazole rings is 1. The third-order valence-corrected chi connectivity index (χ3v) is 6.32. The average Bonchev–Trinajstić information content (AvgIpc) is 3.16. The molecule has 4 rings (SSSR count). The number of rotatable bonds is 6.